The van der Waals surface area contributed by atoms with Gasteiger partial charge in [0.2, 0.25) is 5.91 Å². The molecule has 0 aliphatic carbocycles. The predicted octanol–water partition coefficient (Wildman–Crippen LogP) is 4.89. The number of amides is 4. The lowest BCUT2D eigenvalue weighted by Crippen LogP contribution is -2.55. The molecule has 4 aromatic rings. The molecule has 0 aliphatic heterocycles. The van der Waals surface area contributed by atoms with Gasteiger partial charge in [-0.05, 0) is 24.3 Å². The van der Waals surface area contributed by atoms with E-state index >= 15 is 0 Å². The van der Waals surface area contributed by atoms with E-state index in [1.165, 1.54) is 22.6 Å². The van der Waals surface area contributed by atoms with Crippen LogP contribution in [0.2, 0.25) is 0 Å². The average Bonchev–Trinajstić information content (AvgIpc) is 3.86. The lowest BCUT2D eigenvalue weighted by molar-refractivity contribution is -0.124. The highest BCUT2D eigenvalue weighted by atomic mass is 32.1. The van der Waals surface area contributed by atoms with Crippen molar-refractivity contribution in [1.82, 2.24) is 35.8 Å². The van der Waals surface area contributed by atoms with Crippen LogP contribution in [0.5, 0.6) is 0 Å². The third kappa shape index (κ3) is 11.9. The van der Waals surface area contributed by atoms with Gasteiger partial charge in [0, 0.05) is 37.0 Å². The highest BCUT2D eigenvalue weighted by Crippen LogP contribution is 2.20. The molecule has 4 amide bonds. The highest BCUT2D eigenvalue weighted by Gasteiger charge is 2.31. The minimum atomic E-state index is -1.10. The number of carbonyl (C=O) groups is 3. The smallest absolute Gasteiger partial charge is 0.407 e. The zero-order valence-corrected chi connectivity index (χ0v) is 30.0. The number of aliphatic hydroxyl groups excluding tert-OH is 1. The molecule has 4 N–H and O–H groups in total. The van der Waals surface area contributed by atoms with Crippen LogP contribution < -0.4 is 16.0 Å². The van der Waals surface area contributed by atoms with Crippen molar-refractivity contribution in [1.29, 1.82) is 0 Å². The fourth-order valence-electron chi connectivity index (χ4n) is 5.07. The van der Waals surface area contributed by atoms with E-state index in [0.29, 0.717) is 24.6 Å². The molecule has 0 radical (unpaired) electrons. The monoisotopic (exact) mass is 711 g/mol. The fourth-order valence-corrected chi connectivity index (χ4v) is 6.41. The van der Waals surface area contributed by atoms with Crippen molar-refractivity contribution in [2.45, 2.75) is 90.3 Å². The first kappa shape index (κ1) is 37.5. The van der Waals surface area contributed by atoms with Gasteiger partial charge in [-0.25, -0.2) is 19.6 Å². The summed E-state index contributed by atoms with van der Waals surface area (Å²) < 4.78 is 10.9. The number of nitrogens with zero attached hydrogens (tertiary/aromatic N) is 4. The number of carbonyl (C=O) groups excluding carboxylic acids is 3. The minimum absolute atomic E-state index is 0.0507. The van der Waals surface area contributed by atoms with Gasteiger partial charge in [0.1, 0.15) is 18.4 Å². The lowest BCUT2D eigenvalue weighted by Gasteiger charge is -2.30. The summed E-state index contributed by atoms with van der Waals surface area (Å²) in [7, 11) is 1.66. The molecule has 0 saturated heterocycles. The maximum atomic E-state index is 13.8. The number of urea groups is 1. The number of aromatic nitrogens is 3. The SMILES string of the molecule is CC(C)c1nc(CN(C)C(=O)N[C@H](C(=O)N[C@H](Cc2cnco2)C[C@H](O)[C@H](Cc2ccccc2)NC(=O)OCc2cncs2)C(C)C)cs1. The number of hydrogen-bond donors (Lipinski definition) is 4. The summed E-state index contributed by atoms with van der Waals surface area (Å²) in [5, 5.41) is 23.2. The molecule has 0 fully saturated rings. The molecule has 49 heavy (non-hydrogen) atoms. The summed E-state index contributed by atoms with van der Waals surface area (Å²) in [4.78, 5) is 54.7. The van der Waals surface area contributed by atoms with Crippen molar-refractivity contribution in [2.24, 2.45) is 5.92 Å². The van der Waals surface area contributed by atoms with Gasteiger partial charge in [-0.1, -0.05) is 58.0 Å². The molecule has 3 heterocycles. The van der Waals surface area contributed by atoms with Gasteiger partial charge in [-0.15, -0.1) is 22.7 Å². The molecule has 264 valence electrons. The van der Waals surface area contributed by atoms with Gasteiger partial charge in [0.25, 0.3) is 0 Å². The third-order valence-electron chi connectivity index (χ3n) is 7.74. The molecule has 0 unspecified atom stereocenters. The van der Waals surface area contributed by atoms with Crippen LogP contribution in [0.25, 0.3) is 0 Å². The molecule has 4 rings (SSSR count). The normalized spacial score (nSPS) is 13.8. The van der Waals surface area contributed by atoms with Gasteiger partial charge in [-0.3, -0.25) is 9.78 Å². The molecule has 0 saturated carbocycles. The predicted molar refractivity (Wildman–Crippen MR) is 187 cm³/mol. The Morgan fingerprint density at radius 2 is 1.78 bits per heavy atom. The fraction of sp³-hybridized carbons (Fsp3) is 0.471. The first-order chi connectivity index (χ1) is 23.5. The van der Waals surface area contributed by atoms with Crippen LogP contribution in [0.1, 0.15) is 66.9 Å². The van der Waals surface area contributed by atoms with Crippen molar-refractivity contribution < 1.29 is 28.6 Å². The van der Waals surface area contributed by atoms with Gasteiger partial charge in [0.05, 0.1) is 46.0 Å². The summed E-state index contributed by atoms with van der Waals surface area (Å²) >= 11 is 2.93. The van der Waals surface area contributed by atoms with Crippen LogP contribution >= 0.6 is 22.7 Å². The van der Waals surface area contributed by atoms with E-state index in [9.17, 15) is 19.5 Å². The Labute approximate surface area is 294 Å². The van der Waals surface area contributed by atoms with Crippen LogP contribution in [-0.4, -0.2) is 74.3 Å². The van der Waals surface area contributed by atoms with E-state index < -0.39 is 42.3 Å². The van der Waals surface area contributed by atoms with Crippen LogP contribution in [0.15, 0.2) is 64.4 Å². The van der Waals surface area contributed by atoms with E-state index in [-0.39, 0.29) is 25.4 Å². The number of rotatable bonds is 17. The highest BCUT2D eigenvalue weighted by molar-refractivity contribution is 7.09. The van der Waals surface area contributed by atoms with E-state index in [4.69, 9.17) is 9.15 Å². The van der Waals surface area contributed by atoms with E-state index in [2.05, 4.69) is 44.7 Å². The van der Waals surface area contributed by atoms with Crippen molar-refractivity contribution >= 4 is 40.7 Å². The standard InChI is InChI=1S/C34H45N7O6S2/c1-21(2)30(40-33(44)41(5)16-25-18-48-32(38-25)22(3)4)31(43)37-24(12-26-14-35-19-47-26)13-29(42)28(11-23-9-7-6-8-10-23)39-34(45)46-17-27-15-36-20-49-27/h6-10,14-15,18-22,24,28-30,42H,11-13,16-17H2,1-5H3,(H,37,43)(H,39,45)(H,40,44)/t24-,28+,29+,30+/m1/s1. The van der Waals surface area contributed by atoms with Crippen molar-refractivity contribution in [2.75, 3.05) is 7.05 Å². The zero-order valence-electron chi connectivity index (χ0n) is 28.4. The molecule has 0 aliphatic rings. The van der Waals surface area contributed by atoms with Crippen molar-refractivity contribution in [3.63, 3.8) is 0 Å². The number of aliphatic hydroxyl groups is 1. The third-order valence-corrected chi connectivity index (χ3v) is 9.68. The molecule has 13 nitrogen and oxygen atoms in total. The number of alkyl carbamates (subject to hydrolysis) is 1. The van der Waals surface area contributed by atoms with E-state index in [0.717, 1.165) is 21.1 Å². The molecule has 4 atom stereocenters. The van der Waals surface area contributed by atoms with Crippen molar-refractivity contribution in [3.05, 3.63) is 86.9 Å². The Morgan fingerprint density at radius 3 is 2.41 bits per heavy atom. The first-order valence-electron chi connectivity index (χ1n) is 16.1. The second-order valence-corrected chi connectivity index (χ2v) is 14.4. The van der Waals surface area contributed by atoms with Crippen molar-refractivity contribution in [3.8, 4) is 0 Å². The van der Waals surface area contributed by atoms with Crippen LogP contribution in [-0.2, 0) is 35.5 Å². The number of thiazole rings is 2. The molecule has 0 spiro atoms. The maximum absolute atomic E-state index is 13.8. The molecular formula is C34H45N7O6S2. The topological polar surface area (TPSA) is 172 Å². The van der Waals surface area contributed by atoms with Gasteiger partial charge < -0.3 is 35.1 Å². The Kier molecular flexibility index (Phi) is 14.1. The first-order valence-corrected chi connectivity index (χ1v) is 17.9. The lowest BCUT2D eigenvalue weighted by atomic mass is 9.94. The van der Waals surface area contributed by atoms with Crippen LogP contribution in [0, 0.1) is 5.92 Å². The largest absolute Gasteiger partial charge is 0.448 e. The average molecular weight is 712 g/mol. The Balaban J connectivity index is 1.44. The molecular weight excluding hydrogens is 667 g/mol. The number of oxazole rings is 1. The molecule has 15 heteroatoms. The Morgan fingerprint density at radius 1 is 1.00 bits per heavy atom. The van der Waals surface area contributed by atoms with Crippen LogP contribution in [0.3, 0.4) is 0 Å². The maximum Gasteiger partial charge on any atom is 0.407 e. The summed E-state index contributed by atoms with van der Waals surface area (Å²) in [6.45, 7) is 8.17. The quantitative estimate of drug-likeness (QED) is 0.119. The van der Waals surface area contributed by atoms with Gasteiger partial charge in [0.15, 0.2) is 6.39 Å². The number of benzene rings is 1. The van der Waals surface area contributed by atoms with E-state index in [1.54, 1.807) is 36.3 Å². The second kappa shape index (κ2) is 18.4. The van der Waals surface area contributed by atoms with Gasteiger partial charge in [-0.2, -0.15) is 0 Å². The van der Waals surface area contributed by atoms with Crippen LogP contribution in [0.4, 0.5) is 9.59 Å². The Bertz CT molecular complexity index is 1580. The summed E-state index contributed by atoms with van der Waals surface area (Å²) in [5.41, 5.74) is 3.33. The Hall–Kier alpha value is -4.34. The number of hydrogen-bond acceptors (Lipinski definition) is 11. The molecule has 0 bridgehead atoms. The molecule has 3 aromatic heterocycles. The minimum Gasteiger partial charge on any atom is -0.448 e. The number of ether oxygens (including phenoxy) is 1. The number of nitrogens with one attached hydrogen (secondary N) is 3. The zero-order chi connectivity index (χ0) is 35.3. The summed E-state index contributed by atoms with van der Waals surface area (Å²) in [6.07, 6.45) is 3.27. The summed E-state index contributed by atoms with van der Waals surface area (Å²) in [5.74, 6) is 0.132. The molecule has 1 aromatic carbocycles. The summed E-state index contributed by atoms with van der Waals surface area (Å²) in [6, 6.07) is 6.79. The second-order valence-electron chi connectivity index (χ2n) is 12.5. The van der Waals surface area contributed by atoms with E-state index in [1.807, 2.05) is 49.6 Å². The van der Waals surface area contributed by atoms with Gasteiger partial charge >= 0.3 is 12.1 Å².